The van der Waals surface area contributed by atoms with E-state index >= 15 is 0 Å². The Bertz CT molecular complexity index is 570. The molecule has 0 saturated heterocycles. The molecule has 2 aromatic carbocycles. The fraction of sp³-hybridized carbons (Fsp3) is 0.250. The van der Waals surface area contributed by atoms with Gasteiger partial charge in [0.1, 0.15) is 0 Å². The molecular weight excluding hydrogens is 252 g/mol. The van der Waals surface area contributed by atoms with Crippen molar-refractivity contribution in [1.29, 1.82) is 0 Å². The number of hydrogen-bond donors (Lipinski definition) is 1. The molecule has 0 aliphatic rings. The molecule has 0 heterocycles. The lowest BCUT2D eigenvalue weighted by Crippen LogP contribution is -2.17. The molecule has 20 heavy (non-hydrogen) atoms. The Hall–Kier alpha value is -2.36. The number of rotatable bonds is 5. The predicted molar refractivity (Wildman–Crippen MR) is 82.5 cm³/mol. The van der Waals surface area contributed by atoms with Gasteiger partial charge < -0.3 is 20.1 Å². The third-order valence-electron chi connectivity index (χ3n) is 3.25. The maximum absolute atomic E-state index is 6.08. The van der Waals surface area contributed by atoms with Crippen LogP contribution in [0.15, 0.2) is 42.5 Å². The quantitative estimate of drug-likeness (QED) is 0.850. The van der Waals surface area contributed by atoms with Crippen molar-refractivity contribution in [3.05, 3.63) is 48.0 Å². The van der Waals surface area contributed by atoms with Crippen LogP contribution in [0.4, 0.5) is 11.4 Å². The summed E-state index contributed by atoms with van der Waals surface area (Å²) in [4.78, 5) is 2.14. The van der Waals surface area contributed by atoms with E-state index in [9.17, 15) is 0 Å². The summed E-state index contributed by atoms with van der Waals surface area (Å²) in [5.74, 6) is 1.34. The number of methoxy groups -OCH3 is 2. The summed E-state index contributed by atoms with van der Waals surface area (Å²) in [5.41, 5.74) is 8.93. The van der Waals surface area contributed by atoms with Gasteiger partial charge in [-0.2, -0.15) is 0 Å². The summed E-state index contributed by atoms with van der Waals surface area (Å²) in [5, 5.41) is 0. The van der Waals surface area contributed by atoms with E-state index in [0.717, 1.165) is 11.3 Å². The second kappa shape index (κ2) is 6.19. The second-order valence-corrected chi connectivity index (χ2v) is 4.60. The zero-order chi connectivity index (χ0) is 14.5. The molecule has 0 aliphatic carbocycles. The molecule has 0 saturated carbocycles. The van der Waals surface area contributed by atoms with Crippen molar-refractivity contribution in [2.45, 2.75) is 6.54 Å². The molecular formula is C16H20N2O2. The Labute approximate surface area is 119 Å². The third-order valence-corrected chi connectivity index (χ3v) is 3.25. The van der Waals surface area contributed by atoms with Gasteiger partial charge in [-0.3, -0.25) is 0 Å². The maximum Gasteiger partial charge on any atom is 0.162 e. The second-order valence-electron chi connectivity index (χ2n) is 4.60. The molecule has 0 aromatic heterocycles. The lowest BCUT2D eigenvalue weighted by Gasteiger charge is -2.21. The Kier molecular flexibility index (Phi) is 4.35. The summed E-state index contributed by atoms with van der Waals surface area (Å²) < 4.78 is 10.6. The highest BCUT2D eigenvalue weighted by Crippen LogP contribution is 2.32. The van der Waals surface area contributed by atoms with Gasteiger partial charge >= 0.3 is 0 Å². The largest absolute Gasteiger partial charge is 0.493 e. The van der Waals surface area contributed by atoms with Gasteiger partial charge in [-0.25, -0.2) is 0 Å². The van der Waals surface area contributed by atoms with E-state index in [2.05, 4.69) is 17.0 Å². The molecule has 0 unspecified atom stereocenters. The van der Waals surface area contributed by atoms with Crippen molar-refractivity contribution in [1.82, 2.24) is 0 Å². The summed E-state index contributed by atoms with van der Waals surface area (Å²) in [6.45, 7) is 0.705. The number of ether oxygens (including phenoxy) is 2. The van der Waals surface area contributed by atoms with Gasteiger partial charge in [0.15, 0.2) is 11.5 Å². The molecule has 0 bridgehead atoms. The summed E-state index contributed by atoms with van der Waals surface area (Å²) in [6.07, 6.45) is 0. The number of benzene rings is 2. The van der Waals surface area contributed by atoms with E-state index in [0.29, 0.717) is 23.7 Å². The SMILES string of the molecule is COc1cc(N)c(CN(C)c2ccccc2)cc1OC. The van der Waals surface area contributed by atoms with Crippen LogP contribution in [0.1, 0.15) is 5.56 Å². The van der Waals surface area contributed by atoms with E-state index in [-0.39, 0.29) is 0 Å². The van der Waals surface area contributed by atoms with Gasteiger partial charge in [0, 0.05) is 31.0 Å². The van der Waals surface area contributed by atoms with Crippen LogP contribution in [0, 0.1) is 0 Å². The first-order valence-corrected chi connectivity index (χ1v) is 6.42. The number of anilines is 2. The van der Waals surface area contributed by atoms with E-state index < -0.39 is 0 Å². The maximum atomic E-state index is 6.08. The molecule has 0 spiro atoms. The lowest BCUT2D eigenvalue weighted by atomic mass is 10.1. The van der Waals surface area contributed by atoms with Gasteiger partial charge in [0.2, 0.25) is 0 Å². The molecule has 2 rings (SSSR count). The van der Waals surface area contributed by atoms with Gasteiger partial charge in [0.05, 0.1) is 14.2 Å². The average molecular weight is 272 g/mol. The highest BCUT2D eigenvalue weighted by Gasteiger charge is 2.11. The van der Waals surface area contributed by atoms with Crippen molar-refractivity contribution < 1.29 is 9.47 Å². The molecule has 0 fully saturated rings. The minimum absolute atomic E-state index is 0.649. The number of nitrogens with zero attached hydrogens (tertiary/aromatic N) is 1. The molecule has 106 valence electrons. The normalized spacial score (nSPS) is 10.2. The van der Waals surface area contributed by atoms with Crippen LogP contribution in [0.5, 0.6) is 11.5 Å². The fourth-order valence-corrected chi connectivity index (χ4v) is 2.10. The van der Waals surface area contributed by atoms with Crippen LogP contribution in [-0.2, 0) is 6.54 Å². The smallest absolute Gasteiger partial charge is 0.162 e. The zero-order valence-corrected chi connectivity index (χ0v) is 12.1. The standard InChI is InChI=1S/C16H20N2O2/c1-18(13-7-5-4-6-8-13)11-12-9-15(19-2)16(20-3)10-14(12)17/h4-10H,11,17H2,1-3H3. The first-order valence-electron chi connectivity index (χ1n) is 6.42. The van der Waals surface area contributed by atoms with Crippen molar-refractivity contribution in [3.8, 4) is 11.5 Å². The molecule has 4 heteroatoms. The van der Waals surface area contributed by atoms with E-state index in [1.165, 1.54) is 0 Å². The lowest BCUT2D eigenvalue weighted by molar-refractivity contribution is 0.355. The van der Waals surface area contributed by atoms with Crippen molar-refractivity contribution in [3.63, 3.8) is 0 Å². The van der Waals surface area contributed by atoms with Crippen LogP contribution in [0.2, 0.25) is 0 Å². The van der Waals surface area contributed by atoms with Gasteiger partial charge in [-0.05, 0) is 23.8 Å². The molecule has 0 aliphatic heterocycles. The highest BCUT2D eigenvalue weighted by molar-refractivity contribution is 5.59. The molecule has 2 N–H and O–H groups in total. The number of para-hydroxylation sites is 1. The molecule has 0 atom stereocenters. The molecule has 0 radical (unpaired) electrons. The van der Waals surface area contributed by atoms with E-state index in [1.54, 1.807) is 20.3 Å². The monoisotopic (exact) mass is 272 g/mol. The highest BCUT2D eigenvalue weighted by atomic mass is 16.5. The van der Waals surface area contributed by atoms with Crippen LogP contribution in [-0.4, -0.2) is 21.3 Å². The van der Waals surface area contributed by atoms with Crippen molar-refractivity contribution >= 4 is 11.4 Å². The molecule has 2 aromatic rings. The Balaban J connectivity index is 2.25. The number of hydrogen-bond acceptors (Lipinski definition) is 4. The average Bonchev–Trinajstić information content (AvgIpc) is 2.49. The summed E-state index contributed by atoms with van der Waals surface area (Å²) >= 11 is 0. The summed E-state index contributed by atoms with van der Waals surface area (Å²) in [7, 11) is 5.26. The van der Waals surface area contributed by atoms with Crippen LogP contribution in [0.25, 0.3) is 0 Å². The minimum Gasteiger partial charge on any atom is -0.493 e. The molecule has 4 nitrogen and oxygen atoms in total. The van der Waals surface area contributed by atoms with E-state index in [1.807, 2.05) is 31.3 Å². The zero-order valence-electron chi connectivity index (χ0n) is 12.1. The Morgan fingerprint density at radius 1 is 1.00 bits per heavy atom. The van der Waals surface area contributed by atoms with Gasteiger partial charge in [-0.15, -0.1) is 0 Å². The fourth-order valence-electron chi connectivity index (χ4n) is 2.10. The predicted octanol–water partition coefficient (Wildman–Crippen LogP) is 2.92. The Morgan fingerprint density at radius 2 is 1.60 bits per heavy atom. The minimum atomic E-state index is 0.649. The topological polar surface area (TPSA) is 47.7 Å². The third kappa shape index (κ3) is 2.96. The molecule has 0 amide bonds. The first kappa shape index (κ1) is 14.1. The van der Waals surface area contributed by atoms with Crippen molar-refractivity contribution in [2.75, 3.05) is 31.9 Å². The van der Waals surface area contributed by atoms with Crippen LogP contribution >= 0.6 is 0 Å². The van der Waals surface area contributed by atoms with E-state index in [4.69, 9.17) is 15.2 Å². The van der Waals surface area contributed by atoms with Crippen LogP contribution < -0.4 is 20.1 Å². The first-order chi connectivity index (χ1) is 9.65. The van der Waals surface area contributed by atoms with Crippen LogP contribution in [0.3, 0.4) is 0 Å². The van der Waals surface area contributed by atoms with Gasteiger partial charge in [0.25, 0.3) is 0 Å². The number of nitrogens with two attached hydrogens (primary N) is 1. The number of nitrogen functional groups attached to an aromatic ring is 1. The van der Waals surface area contributed by atoms with Crippen molar-refractivity contribution in [2.24, 2.45) is 0 Å². The van der Waals surface area contributed by atoms with Gasteiger partial charge in [-0.1, -0.05) is 18.2 Å². The Morgan fingerprint density at radius 3 is 2.20 bits per heavy atom. The summed E-state index contributed by atoms with van der Waals surface area (Å²) in [6, 6.07) is 13.9.